The average molecular weight is 368 g/mol. The van der Waals surface area contributed by atoms with Crippen molar-refractivity contribution in [3.05, 3.63) is 101 Å². The zero-order valence-electron chi connectivity index (χ0n) is 15.1. The van der Waals surface area contributed by atoms with Crippen molar-refractivity contribution in [1.82, 2.24) is 5.01 Å². The topological polar surface area (TPSA) is 67.9 Å². The first-order valence-electron chi connectivity index (χ1n) is 9.18. The van der Waals surface area contributed by atoms with Crippen LogP contribution in [0.2, 0.25) is 0 Å². The molecule has 2 atom stereocenters. The molecule has 137 valence electrons. The molecule has 3 aromatic rings. The summed E-state index contributed by atoms with van der Waals surface area (Å²) >= 11 is 0. The number of carbonyl (C=O) groups excluding carboxylic acids is 1. The fourth-order valence-electron chi connectivity index (χ4n) is 3.82. The van der Waals surface area contributed by atoms with Crippen LogP contribution in [0, 0.1) is 6.07 Å². The number of para-hydroxylation sites is 1. The highest BCUT2D eigenvalue weighted by molar-refractivity contribution is 6.03. The smallest absolute Gasteiger partial charge is 0.248 e. The maximum Gasteiger partial charge on any atom is 0.248 e. The fraction of sp³-hybridized carbons (Fsp3) is 0.130. The number of nitrogens with zero attached hydrogens (tertiary/aromatic N) is 2. The minimum absolute atomic E-state index is 0.102. The number of hydrazone groups is 1. The van der Waals surface area contributed by atoms with Gasteiger partial charge in [0.1, 0.15) is 5.75 Å². The standard InChI is InChI=1S/C23H18N3O2/c24-22(27)16-12-10-15(11-13-16)19-14-20-18-8-4-5-9-21(18)28-23(26(20)25-19)17-6-2-1-3-7-17/h2-13,20,23H,14H2,(H2,24,27). The van der Waals surface area contributed by atoms with Crippen LogP contribution in [-0.2, 0) is 0 Å². The lowest BCUT2D eigenvalue weighted by atomic mass is 9.95. The number of hydrogen-bond donors (Lipinski definition) is 1. The van der Waals surface area contributed by atoms with Crippen molar-refractivity contribution in [3.63, 3.8) is 0 Å². The van der Waals surface area contributed by atoms with Crippen LogP contribution in [0.15, 0.2) is 77.9 Å². The summed E-state index contributed by atoms with van der Waals surface area (Å²) in [6, 6.07) is 26.3. The maximum absolute atomic E-state index is 11.3. The van der Waals surface area contributed by atoms with E-state index in [0.29, 0.717) is 5.56 Å². The van der Waals surface area contributed by atoms with E-state index >= 15 is 0 Å². The zero-order chi connectivity index (χ0) is 19.1. The van der Waals surface area contributed by atoms with Crippen LogP contribution in [0.5, 0.6) is 5.75 Å². The molecule has 28 heavy (non-hydrogen) atoms. The third-order valence-corrected chi connectivity index (χ3v) is 5.23. The summed E-state index contributed by atoms with van der Waals surface area (Å²) in [4.78, 5) is 11.3. The quantitative estimate of drug-likeness (QED) is 0.764. The van der Waals surface area contributed by atoms with Gasteiger partial charge in [-0.3, -0.25) is 4.79 Å². The van der Waals surface area contributed by atoms with E-state index in [-0.39, 0.29) is 12.3 Å². The minimum Gasteiger partial charge on any atom is -0.464 e. The molecule has 2 heterocycles. The number of benzene rings is 3. The molecular weight excluding hydrogens is 350 g/mol. The molecule has 2 unspecified atom stereocenters. The number of nitrogens with two attached hydrogens (primary N) is 1. The predicted octanol–water partition coefficient (Wildman–Crippen LogP) is 3.83. The second-order valence-corrected chi connectivity index (χ2v) is 6.93. The van der Waals surface area contributed by atoms with Crippen LogP contribution in [0.25, 0.3) is 0 Å². The third kappa shape index (κ3) is 2.72. The summed E-state index contributed by atoms with van der Waals surface area (Å²) in [5, 5.41) is 6.95. The molecule has 5 heteroatoms. The number of hydrogen-bond acceptors (Lipinski definition) is 4. The van der Waals surface area contributed by atoms with Gasteiger partial charge in [-0.05, 0) is 29.8 Å². The number of primary amides is 1. The molecule has 0 aliphatic carbocycles. The average Bonchev–Trinajstić information content (AvgIpc) is 3.19. The molecule has 2 N–H and O–H groups in total. The summed E-state index contributed by atoms with van der Waals surface area (Å²) in [6.45, 7) is 0. The van der Waals surface area contributed by atoms with Crippen molar-refractivity contribution in [3.8, 4) is 5.75 Å². The number of amides is 1. The van der Waals surface area contributed by atoms with E-state index in [4.69, 9.17) is 15.6 Å². The van der Waals surface area contributed by atoms with Crippen LogP contribution in [0.3, 0.4) is 0 Å². The van der Waals surface area contributed by atoms with E-state index in [1.807, 2.05) is 59.6 Å². The second kappa shape index (κ2) is 6.53. The highest BCUT2D eigenvalue weighted by Crippen LogP contribution is 2.47. The van der Waals surface area contributed by atoms with Crippen LogP contribution in [0.4, 0.5) is 0 Å². The highest BCUT2D eigenvalue weighted by Gasteiger charge is 2.40. The monoisotopic (exact) mass is 368 g/mol. The molecule has 2 aliphatic heterocycles. The van der Waals surface area contributed by atoms with Gasteiger partial charge < -0.3 is 10.5 Å². The number of fused-ring (bicyclic) bond motifs is 3. The summed E-state index contributed by atoms with van der Waals surface area (Å²) in [5.41, 5.74) is 9.96. The van der Waals surface area contributed by atoms with Gasteiger partial charge in [0.25, 0.3) is 0 Å². The Morgan fingerprint density at radius 1 is 1.07 bits per heavy atom. The maximum atomic E-state index is 11.3. The van der Waals surface area contributed by atoms with Gasteiger partial charge in [-0.2, -0.15) is 5.10 Å². The molecule has 2 aliphatic rings. The number of carbonyl (C=O) groups is 1. The normalized spacial score (nSPS) is 20.0. The zero-order valence-corrected chi connectivity index (χ0v) is 15.1. The molecule has 3 aromatic carbocycles. The summed E-state index contributed by atoms with van der Waals surface area (Å²) in [5.74, 6) is 0.461. The van der Waals surface area contributed by atoms with E-state index in [2.05, 4.69) is 12.1 Å². The summed E-state index contributed by atoms with van der Waals surface area (Å²) in [7, 11) is 0. The van der Waals surface area contributed by atoms with Crippen LogP contribution < -0.4 is 10.5 Å². The van der Waals surface area contributed by atoms with E-state index in [1.165, 1.54) is 0 Å². The lowest BCUT2D eigenvalue weighted by molar-refractivity contribution is -0.0190. The van der Waals surface area contributed by atoms with E-state index < -0.39 is 5.91 Å². The predicted molar refractivity (Wildman–Crippen MR) is 106 cm³/mol. The van der Waals surface area contributed by atoms with Gasteiger partial charge in [0.05, 0.1) is 11.8 Å². The summed E-state index contributed by atoms with van der Waals surface area (Å²) in [6.07, 6.45) is 0.475. The van der Waals surface area contributed by atoms with Crippen molar-refractivity contribution in [2.45, 2.75) is 18.7 Å². The fourth-order valence-corrected chi connectivity index (χ4v) is 3.82. The van der Waals surface area contributed by atoms with Crippen molar-refractivity contribution in [2.24, 2.45) is 10.8 Å². The molecule has 0 aromatic heterocycles. The Morgan fingerprint density at radius 3 is 2.57 bits per heavy atom. The van der Waals surface area contributed by atoms with Crippen LogP contribution in [0.1, 0.15) is 45.7 Å². The first kappa shape index (κ1) is 16.6. The second-order valence-electron chi connectivity index (χ2n) is 6.93. The van der Waals surface area contributed by atoms with E-state index in [0.717, 1.165) is 34.6 Å². The third-order valence-electron chi connectivity index (χ3n) is 5.23. The lowest BCUT2D eigenvalue weighted by Crippen LogP contribution is -2.33. The molecular formula is C23H18N3O2. The molecule has 0 fully saturated rings. The largest absolute Gasteiger partial charge is 0.464 e. The summed E-state index contributed by atoms with van der Waals surface area (Å²) < 4.78 is 6.31. The Bertz CT molecular complexity index is 1060. The molecule has 0 saturated carbocycles. The van der Waals surface area contributed by atoms with Gasteiger partial charge in [-0.1, -0.05) is 54.6 Å². The Kier molecular flexibility index (Phi) is 3.86. The van der Waals surface area contributed by atoms with Gasteiger partial charge in [0, 0.05) is 23.1 Å². The minimum atomic E-state index is -0.430. The Morgan fingerprint density at radius 2 is 1.82 bits per heavy atom. The van der Waals surface area contributed by atoms with Gasteiger partial charge in [0.2, 0.25) is 12.1 Å². The molecule has 5 rings (SSSR count). The highest BCUT2D eigenvalue weighted by atomic mass is 16.5. The van der Waals surface area contributed by atoms with Crippen LogP contribution in [-0.4, -0.2) is 16.6 Å². The molecule has 0 bridgehead atoms. The van der Waals surface area contributed by atoms with E-state index in [9.17, 15) is 4.79 Å². The first-order chi connectivity index (χ1) is 13.7. The first-order valence-corrected chi connectivity index (χ1v) is 9.18. The van der Waals surface area contributed by atoms with Gasteiger partial charge in [-0.15, -0.1) is 0 Å². The van der Waals surface area contributed by atoms with Crippen molar-refractivity contribution < 1.29 is 9.53 Å². The number of rotatable bonds is 3. The Balaban J connectivity index is 1.55. The SMILES string of the molecule is NC(=O)c1ccc(C2=NN3C(C2)c2ccccc2OC3c2cc[c]cc2)cc1. The van der Waals surface area contributed by atoms with Crippen molar-refractivity contribution >= 4 is 11.6 Å². The van der Waals surface area contributed by atoms with Crippen molar-refractivity contribution in [1.29, 1.82) is 0 Å². The van der Waals surface area contributed by atoms with Gasteiger partial charge in [-0.25, -0.2) is 5.01 Å². The van der Waals surface area contributed by atoms with E-state index in [1.54, 1.807) is 12.1 Å². The lowest BCUT2D eigenvalue weighted by Gasteiger charge is -2.38. The van der Waals surface area contributed by atoms with Crippen molar-refractivity contribution in [2.75, 3.05) is 0 Å². The molecule has 0 saturated heterocycles. The molecule has 5 nitrogen and oxygen atoms in total. The molecule has 1 amide bonds. The van der Waals surface area contributed by atoms with Crippen LogP contribution >= 0.6 is 0 Å². The Labute approximate surface area is 163 Å². The van der Waals surface area contributed by atoms with Gasteiger partial charge >= 0.3 is 0 Å². The van der Waals surface area contributed by atoms with Gasteiger partial charge in [0.15, 0.2) is 0 Å². The molecule has 0 spiro atoms. The Hall–Kier alpha value is -3.60. The number of ether oxygens (including phenoxy) is 1. The molecule has 1 radical (unpaired) electrons.